The van der Waals surface area contributed by atoms with E-state index in [0.717, 1.165) is 31.2 Å². The molecule has 0 fully saturated rings. The van der Waals surface area contributed by atoms with Crippen LogP contribution in [0.25, 0.3) is 0 Å². The van der Waals surface area contributed by atoms with Gasteiger partial charge in [0.25, 0.3) is 5.91 Å². The van der Waals surface area contributed by atoms with Gasteiger partial charge in [0.2, 0.25) is 5.82 Å². The Kier molecular flexibility index (Phi) is 4.98. The van der Waals surface area contributed by atoms with Crippen LogP contribution in [0.4, 0.5) is 22.0 Å². The fourth-order valence-corrected chi connectivity index (χ4v) is 3.18. The van der Waals surface area contributed by atoms with E-state index in [4.69, 9.17) is 0 Å². The summed E-state index contributed by atoms with van der Waals surface area (Å²) in [6.45, 7) is 1.58. The Morgan fingerprint density at radius 2 is 1.42 bits per heavy atom. The van der Waals surface area contributed by atoms with Crippen LogP contribution in [0.5, 0.6) is 0 Å². The zero-order valence-electron chi connectivity index (χ0n) is 13.9. The van der Waals surface area contributed by atoms with Gasteiger partial charge in [0, 0.05) is 0 Å². The molecule has 26 heavy (non-hydrogen) atoms. The molecule has 1 N–H and O–H groups in total. The van der Waals surface area contributed by atoms with Crippen molar-refractivity contribution in [3.8, 4) is 0 Å². The summed E-state index contributed by atoms with van der Waals surface area (Å²) in [6, 6.07) is 4.96. The first kappa shape index (κ1) is 18.4. The first-order chi connectivity index (χ1) is 12.3. The SMILES string of the molecule is C[C@@H](NC(=O)c1c(F)c(F)c(F)c(F)c1F)c1ccc2c(c1)CCCC2. The zero-order chi connectivity index (χ0) is 19.0. The monoisotopic (exact) mass is 369 g/mol. The molecular weight excluding hydrogens is 353 g/mol. The predicted molar refractivity (Wildman–Crippen MR) is 85.2 cm³/mol. The largest absolute Gasteiger partial charge is 0.345 e. The van der Waals surface area contributed by atoms with Crippen LogP contribution in [0, 0.1) is 29.1 Å². The molecule has 138 valence electrons. The van der Waals surface area contributed by atoms with Crippen LogP contribution < -0.4 is 5.32 Å². The molecule has 1 aliphatic rings. The van der Waals surface area contributed by atoms with Crippen molar-refractivity contribution in [2.75, 3.05) is 0 Å². The zero-order valence-corrected chi connectivity index (χ0v) is 13.9. The van der Waals surface area contributed by atoms with Gasteiger partial charge in [-0.05, 0) is 49.3 Å². The third kappa shape index (κ3) is 3.18. The van der Waals surface area contributed by atoms with Crippen LogP contribution in [0.3, 0.4) is 0 Å². The summed E-state index contributed by atoms with van der Waals surface area (Å²) in [5.74, 6) is -12.2. The molecule has 0 saturated carbocycles. The van der Waals surface area contributed by atoms with Gasteiger partial charge in [0.1, 0.15) is 5.56 Å². The first-order valence-corrected chi connectivity index (χ1v) is 8.25. The minimum absolute atomic E-state index is 0.662. The summed E-state index contributed by atoms with van der Waals surface area (Å²) in [7, 11) is 0. The van der Waals surface area contributed by atoms with Crippen LogP contribution in [-0.4, -0.2) is 5.91 Å². The molecule has 2 aromatic carbocycles. The van der Waals surface area contributed by atoms with Crippen molar-refractivity contribution < 1.29 is 26.7 Å². The lowest BCUT2D eigenvalue weighted by Crippen LogP contribution is -2.29. The third-order valence-electron chi connectivity index (χ3n) is 4.66. The molecule has 0 unspecified atom stereocenters. The average Bonchev–Trinajstić information content (AvgIpc) is 2.64. The molecule has 2 aromatic rings. The van der Waals surface area contributed by atoms with Crippen LogP contribution >= 0.6 is 0 Å². The normalized spacial score (nSPS) is 14.7. The molecule has 0 bridgehead atoms. The van der Waals surface area contributed by atoms with E-state index in [-0.39, 0.29) is 0 Å². The number of amides is 1. The molecule has 1 atom stereocenters. The molecule has 1 aliphatic carbocycles. The molecule has 0 heterocycles. The van der Waals surface area contributed by atoms with Crippen molar-refractivity contribution in [3.63, 3.8) is 0 Å². The number of carbonyl (C=O) groups excluding carboxylic acids is 1. The number of hydrogen-bond donors (Lipinski definition) is 1. The molecule has 2 nitrogen and oxygen atoms in total. The van der Waals surface area contributed by atoms with Gasteiger partial charge in [0.05, 0.1) is 6.04 Å². The maximum atomic E-state index is 13.7. The van der Waals surface area contributed by atoms with E-state index in [9.17, 15) is 26.7 Å². The Morgan fingerprint density at radius 1 is 0.885 bits per heavy atom. The molecule has 0 spiro atoms. The van der Waals surface area contributed by atoms with Crippen molar-refractivity contribution in [1.82, 2.24) is 5.32 Å². The van der Waals surface area contributed by atoms with E-state index in [0.29, 0.717) is 5.56 Å². The van der Waals surface area contributed by atoms with Crippen molar-refractivity contribution in [3.05, 3.63) is 69.5 Å². The van der Waals surface area contributed by atoms with Crippen LogP contribution in [0.2, 0.25) is 0 Å². The van der Waals surface area contributed by atoms with E-state index in [1.165, 1.54) is 5.56 Å². The number of benzene rings is 2. The summed E-state index contributed by atoms with van der Waals surface area (Å²) in [5.41, 5.74) is 1.58. The maximum Gasteiger partial charge on any atom is 0.257 e. The van der Waals surface area contributed by atoms with Gasteiger partial charge < -0.3 is 5.32 Å². The first-order valence-electron chi connectivity index (χ1n) is 8.25. The Morgan fingerprint density at radius 3 is 2.04 bits per heavy atom. The van der Waals surface area contributed by atoms with E-state index < -0.39 is 46.6 Å². The van der Waals surface area contributed by atoms with Crippen LogP contribution in [0.15, 0.2) is 18.2 Å². The van der Waals surface area contributed by atoms with Gasteiger partial charge in [0.15, 0.2) is 23.3 Å². The second-order valence-electron chi connectivity index (χ2n) is 6.38. The van der Waals surface area contributed by atoms with Crippen LogP contribution in [-0.2, 0) is 12.8 Å². The molecule has 0 saturated heterocycles. The number of carbonyl (C=O) groups is 1. The number of hydrogen-bond acceptors (Lipinski definition) is 1. The van der Waals surface area contributed by atoms with Crippen molar-refractivity contribution in [1.29, 1.82) is 0 Å². The number of nitrogens with one attached hydrogen (secondary N) is 1. The third-order valence-corrected chi connectivity index (χ3v) is 4.66. The summed E-state index contributed by atoms with van der Waals surface area (Å²) in [4.78, 5) is 12.1. The molecular formula is C19H16F5NO. The Balaban J connectivity index is 1.87. The quantitative estimate of drug-likeness (QED) is 0.472. The van der Waals surface area contributed by atoms with Gasteiger partial charge in [-0.3, -0.25) is 4.79 Å². The highest BCUT2D eigenvalue weighted by molar-refractivity contribution is 5.95. The van der Waals surface area contributed by atoms with E-state index in [2.05, 4.69) is 5.32 Å². The molecule has 3 rings (SSSR count). The Labute approximate surface area is 147 Å². The highest BCUT2D eigenvalue weighted by atomic mass is 19.2. The van der Waals surface area contributed by atoms with Gasteiger partial charge in [-0.2, -0.15) is 0 Å². The fraction of sp³-hybridized carbons (Fsp3) is 0.316. The molecule has 0 aliphatic heterocycles. The summed E-state index contributed by atoms with van der Waals surface area (Å²) in [6.07, 6.45) is 4.04. The highest BCUT2D eigenvalue weighted by Crippen LogP contribution is 2.26. The standard InChI is InChI=1S/C19H16F5NO/c1-9(11-7-6-10-4-2-3-5-12(10)8-11)25-19(26)13-14(20)16(22)18(24)17(23)15(13)21/h6-9H,2-5H2,1H3,(H,25,26)/t9-/m1/s1. The van der Waals surface area contributed by atoms with E-state index in [1.807, 2.05) is 12.1 Å². The number of aryl methyl sites for hydroxylation is 2. The van der Waals surface area contributed by atoms with Crippen LogP contribution in [0.1, 0.15) is 52.9 Å². The number of fused-ring (bicyclic) bond motifs is 1. The van der Waals surface area contributed by atoms with Crippen molar-refractivity contribution in [2.45, 2.75) is 38.6 Å². The summed E-state index contributed by atoms with van der Waals surface area (Å²) >= 11 is 0. The summed E-state index contributed by atoms with van der Waals surface area (Å²) < 4.78 is 67.1. The van der Waals surface area contributed by atoms with Crippen molar-refractivity contribution >= 4 is 5.91 Å². The second kappa shape index (κ2) is 7.05. The van der Waals surface area contributed by atoms with Crippen molar-refractivity contribution in [2.24, 2.45) is 0 Å². The minimum atomic E-state index is -2.29. The predicted octanol–water partition coefficient (Wildman–Crippen LogP) is 4.75. The molecule has 0 aromatic heterocycles. The second-order valence-corrected chi connectivity index (χ2v) is 6.38. The Hall–Kier alpha value is -2.44. The molecule has 7 heteroatoms. The lowest BCUT2D eigenvalue weighted by Gasteiger charge is -2.20. The minimum Gasteiger partial charge on any atom is -0.345 e. The molecule has 1 amide bonds. The van der Waals surface area contributed by atoms with Gasteiger partial charge in [-0.15, -0.1) is 0 Å². The van der Waals surface area contributed by atoms with Gasteiger partial charge in [-0.1, -0.05) is 18.2 Å². The lowest BCUT2D eigenvalue weighted by atomic mass is 9.89. The fourth-order valence-electron chi connectivity index (χ4n) is 3.18. The number of halogens is 5. The van der Waals surface area contributed by atoms with Gasteiger partial charge in [-0.25, -0.2) is 22.0 Å². The maximum absolute atomic E-state index is 13.7. The average molecular weight is 369 g/mol. The van der Waals surface area contributed by atoms with Gasteiger partial charge >= 0.3 is 0 Å². The van der Waals surface area contributed by atoms with E-state index >= 15 is 0 Å². The highest BCUT2D eigenvalue weighted by Gasteiger charge is 2.30. The number of rotatable bonds is 3. The Bertz CT molecular complexity index is 852. The smallest absolute Gasteiger partial charge is 0.257 e. The molecule has 0 radical (unpaired) electrons. The van der Waals surface area contributed by atoms with E-state index in [1.54, 1.807) is 13.0 Å². The lowest BCUT2D eigenvalue weighted by molar-refractivity contribution is 0.0928. The topological polar surface area (TPSA) is 29.1 Å². The summed E-state index contributed by atoms with van der Waals surface area (Å²) in [5, 5.41) is 2.30.